The number of nitrogens with zero attached hydrogens (tertiary/aromatic N) is 1. The molecule has 4 heteroatoms. The van der Waals surface area contributed by atoms with Gasteiger partial charge in [-0.25, -0.2) is 0 Å². The molecule has 94 valence electrons. The molecule has 1 amide bonds. The fourth-order valence-electron chi connectivity index (χ4n) is 1.94. The van der Waals surface area contributed by atoms with E-state index in [1.54, 1.807) is 0 Å². The summed E-state index contributed by atoms with van der Waals surface area (Å²) >= 11 is 5.71. The van der Waals surface area contributed by atoms with Crippen LogP contribution in [0.5, 0.6) is 0 Å². The molecule has 0 aliphatic carbocycles. The summed E-state index contributed by atoms with van der Waals surface area (Å²) in [6.07, 6.45) is 4.93. The number of ether oxygens (including phenoxy) is 1. The Morgan fingerprint density at radius 2 is 2.31 bits per heavy atom. The lowest BCUT2D eigenvalue weighted by Crippen LogP contribution is -2.35. The molecule has 0 saturated carbocycles. The van der Waals surface area contributed by atoms with E-state index < -0.39 is 0 Å². The molecule has 1 rings (SSSR count). The summed E-state index contributed by atoms with van der Waals surface area (Å²) in [5.74, 6) is 0.710. The Balaban J connectivity index is 2.32. The molecule has 0 spiro atoms. The van der Waals surface area contributed by atoms with E-state index in [-0.39, 0.29) is 12.0 Å². The molecule has 0 radical (unpaired) electrons. The van der Waals surface area contributed by atoms with E-state index in [9.17, 15) is 4.79 Å². The van der Waals surface area contributed by atoms with Crippen molar-refractivity contribution in [3.8, 4) is 0 Å². The number of amides is 1. The van der Waals surface area contributed by atoms with Crippen LogP contribution in [-0.4, -0.2) is 42.5 Å². The van der Waals surface area contributed by atoms with E-state index in [1.807, 2.05) is 4.90 Å². The third-order valence-electron chi connectivity index (χ3n) is 2.92. The summed E-state index contributed by atoms with van der Waals surface area (Å²) in [7, 11) is 0. The van der Waals surface area contributed by atoms with Crippen LogP contribution >= 0.6 is 11.6 Å². The highest BCUT2D eigenvalue weighted by Crippen LogP contribution is 2.16. The minimum atomic E-state index is 0.145. The second-order valence-corrected chi connectivity index (χ2v) is 4.64. The van der Waals surface area contributed by atoms with E-state index >= 15 is 0 Å². The fraction of sp³-hybridized carbons (Fsp3) is 0.917. The summed E-state index contributed by atoms with van der Waals surface area (Å²) in [6.45, 7) is 4.42. The Labute approximate surface area is 103 Å². The molecule has 0 aromatic heterocycles. The third-order valence-corrected chi connectivity index (χ3v) is 3.08. The molecule has 1 aliphatic rings. The number of carbonyl (C=O) groups excluding carboxylic acids is 1. The van der Waals surface area contributed by atoms with E-state index in [0.29, 0.717) is 18.8 Å². The maximum absolute atomic E-state index is 12.0. The van der Waals surface area contributed by atoms with Gasteiger partial charge in [0.05, 0.1) is 12.5 Å². The largest absolute Gasteiger partial charge is 0.378 e. The second-order valence-electron chi connectivity index (χ2n) is 4.26. The first-order valence-corrected chi connectivity index (χ1v) is 6.76. The van der Waals surface area contributed by atoms with E-state index in [2.05, 4.69) is 6.92 Å². The summed E-state index contributed by atoms with van der Waals surface area (Å²) in [4.78, 5) is 13.9. The van der Waals surface area contributed by atoms with Crippen LogP contribution in [0.1, 0.15) is 39.0 Å². The van der Waals surface area contributed by atoms with Crippen LogP contribution in [0.25, 0.3) is 0 Å². The molecule has 1 saturated heterocycles. The zero-order valence-electron chi connectivity index (χ0n) is 10.1. The Hall–Kier alpha value is -0.280. The highest BCUT2D eigenvalue weighted by Gasteiger charge is 2.22. The molecule has 1 atom stereocenters. The quantitative estimate of drug-likeness (QED) is 0.647. The minimum Gasteiger partial charge on any atom is -0.378 e. The van der Waals surface area contributed by atoms with Crippen molar-refractivity contribution in [2.45, 2.75) is 45.1 Å². The van der Waals surface area contributed by atoms with Crippen molar-refractivity contribution in [2.75, 3.05) is 25.6 Å². The van der Waals surface area contributed by atoms with Crippen molar-refractivity contribution in [3.63, 3.8) is 0 Å². The lowest BCUT2D eigenvalue weighted by Gasteiger charge is -2.22. The lowest BCUT2D eigenvalue weighted by atomic mass is 10.1. The standard InChI is InChI=1S/C12H22ClNO2/c1-2-3-7-14(8-6-13)12(15)10-11-5-4-9-16-11/h11H,2-10H2,1H3. The SMILES string of the molecule is CCCCN(CCCl)C(=O)CC1CCCO1. The molecule has 1 fully saturated rings. The molecule has 1 aliphatic heterocycles. The molecule has 0 aromatic carbocycles. The maximum atomic E-state index is 12.0. The van der Waals surface area contributed by atoms with Crippen molar-refractivity contribution in [3.05, 3.63) is 0 Å². The topological polar surface area (TPSA) is 29.5 Å². The fourth-order valence-corrected chi connectivity index (χ4v) is 2.15. The number of unbranched alkanes of at least 4 members (excludes halogenated alkanes) is 1. The molecule has 16 heavy (non-hydrogen) atoms. The number of rotatable bonds is 7. The highest BCUT2D eigenvalue weighted by molar-refractivity contribution is 6.18. The maximum Gasteiger partial charge on any atom is 0.225 e. The molecule has 1 heterocycles. The van der Waals surface area contributed by atoms with Crippen molar-refractivity contribution >= 4 is 17.5 Å². The van der Waals surface area contributed by atoms with Crippen LogP contribution in [0, 0.1) is 0 Å². The first-order chi connectivity index (χ1) is 7.77. The molecule has 0 N–H and O–H groups in total. The summed E-state index contributed by atoms with van der Waals surface area (Å²) in [6, 6.07) is 0. The normalized spacial score (nSPS) is 20.0. The van der Waals surface area contributed by atoms with Gasteiger partial charge in [0, 0.05) is 25.6 Å². The smallest absolute Gasteiger partial charge is 0.225 e. The van der Waals surface area contributed by atoms with E-state index in [0.717, 1.165) is 38.8 Å². The average Bonchev–Trinajstić information content (AvgIpc) is 2.76. The van der Waals surface area contributed by atoms with Gasteiger partial charge in [0.1, 0.15) is 0 Å². The van der Waals surface area contributed by atoms with Crippen molar-refractivity contribution in [1.29, 1.82) is 0 Å². The monoisotopic (exact) mass is 247 g/mol. The number of carbonyl (C=O) groups is 1. The van der Waals surface area contributed by atoms with Crippen molar-refractivity contribution in [2.24, 2.45) is 0 Å². The summed E-state index contributed by atoms with van der Waals surface area (Å²) in [5, 5.41) is 0. The number of hydrogen-bond donors (Lipinski definition) is 0. The molecular formula is C12H22ClNO2. The minimum absolute atomic E-state index is 0.145. The van der Waals surface area contributed by atoms with Crippen molar-refractivity contribution in [1.82, 2.24) is 4.90 Å². The van der Waals surface area contributed by atoms with Gasteiger partial charge in [0.2, 0.25) is 5.91 Å². The van der Waals surface area contributed by atoms with Crippen LogP contribution in [-0.2, 0) is 9.53 Å². The van der Waals surface area contributed by atoms with Crippen molar-refractivity contribution < 1.29 is 9.53 Å². The average molecular weight is 248 g/mol. The Morgan fingerprint density at radius 3 is 2.88 bits per heavy atom. The van der Waals surface area contributed by atoms with Gasteiger partial charge < -0.3 is 9.64 Å². The van der Waals surface area contributed by atoms with Gasteiger partial charge in [-0.2, -0.15) is 0 Å². The summed E-state index contributed by atoms with van der Waals surface area (Å²) in [5.41, 5.74) is 0. The Kier molecular flexibility index (Phi) is 6.81. The van der Waals surface area contributed by atoms with Crippen LogP contribution in [0.3, 0.4) is 0 Å². The van der Waals surface area contributed by atoms with Gasteiger partial charge in [-0.05, 0) is 19.3 Å². The molecule has 0 bridgehead atoms. The molecule has 0 aromatic rings. The Bertz CT molecular complexity index is 205. The number of alkyl halides is 1. The second kappa shape index (κ2) is 7.91. The van der Waals surface area contributed by atoms with E-state index in [1.165, 1.54) is 0 Å². The van der Waals surface area contributed by atoms with Gasteiger partial charge in [-0.15, -0.1) is 11.6 Å². The Morgan fingerprint density at radius 1 is 1.50 bits per heavy atom. The van der Waals surface area contributed by atoms with Crippen LogP contribution in [0.2, 0.25) is 0 Å². The zero-order chi connectivity index (χ0) is 11.8. The molecular weight excluding hydrogens is 226 g/mol. The molecule has 3 nitrogen and oxygen atoms in total. The van der Waals surface area contributed by atoms with Gasteiger partial charge in [-0.3, -0.25) is 4.79 Å². The highest BCUT2D eigenvalue weighted by atomic mass is 35.5. The number of hydrogen-bond acceptors (Lipinski definition) is 2. The van der Waals surface area contributed by atoms with Gasteiger partial charge >= 0.3 is 0 Å². The molecule has 1 unspecified atom stereocenters. The number of halogens is 1. The predicted octanol–water partition coefficient (Wildman–Crippen LogP) is 2.42. The van der Waals surface area contributed by atoms with Gasteiger partial charge in [0.25, 0.3) is 0 Å². The first kappa shape index (κ1) is 13.8. The van der Waals surface area contributed by atoms with Crippen LogP contribution in [0.4, 0.5) is 0 Å². The lowest BCUT2D eigenvalue weighted by molar-refractivity contribution is -0.133. The summed E-state index contributed by atoms with van der Waals surface area (Å²) < 4.78 is 5.48. The van der Waals surface area contributed by atoms with Gasteiger partial charge in [0.15, 0.2) is 0 Å². The first-order valence-electron chi connectivity index (χ1n) is 6.23. The third kappa shape index (κ3) is 4.71. The van der Waals surface area contributed by atoms with E-state index in [4.69, 9.17) is 16.3 Å². The predicted molar refractivity (Wildman–Crippen MR) is 65.8 cm³/mol. The van der Waals surface area contributed by atoms with Crippen LogP contribution < -0.4 is 0 Å². The van der Waals surface area contributed by atoms with Gasteiger partial charge in [-0.1, -0.05) is 13.3 Å². The zero-order valence-corrected chi connectivity index (χ0v) is 10.8. The van der Waals surface area contributed by atoms with Crippen LogP contribution in [0.15, 0.2) is 0 Å².